The summed E-state index contributed by atoms with van der Waals surface area (Å²) >= 11 is 6.38. The van der Waals surface area contributed by atoms with Gasteiger partial charge in [0.05, 0.1) is 29.0 Å². The Hall–Kier alpha value is -3.77. The number of amides is 1. The molecule has 0 spiro atoms. The average molecular weight is 574 g/mol. The Kier molecular flexibility index (Phi) is 7.90. The van der Waals surface area contributed by atoms with Gasteiger partial charge in [-0.1, -0.05) is 11.6 Å². The zero-order chi connectivity index (χ0) is 28.4. The molecular formula is C27H29ClFN5O6. The molecule has 1 aliphatic carbocycles. The molecule has 0 aromatic carbocycles. The van der Waals surface area contributed by atoms with E-state index in [1.165, 1.54) is 23.7 Å². The van der Waals surface area contributed by atoms with Crippen molar-refractivity contribution >= 4 is 40.3 Å². The molecule has 40 heavy (non-hydrogen) atoms. The topological polar surface area (TPSA) is 134 Å². The summed E-state index contributed by atoms with van der Waals surface area (Å²) in [5.41, 5.74) is -0.148. The van der Waals surface area contributed by atoms with Crippen molar-refractivity contribution in [2.45, 2.75) is 45.2 Å². The van der Waals surface area contributed by atoms with Crippen molar-refractivity contribution < 1.29 is 28.2 Å². The second-order valence-corrected chi connectivity index (χ2v) is 10.4. The van der Waals surface area contributed by atoms with Crippen molar-refractivity contribution in [3.63, 3.8) is 0 Å². The van der Waals surface area contributed by atoms with E-state index >= 15 is 0 Å². The largest absolute Gasteiger partial charge is 0.487 e. The summed E-state index contributed by atoms with van der Waals surface area (Å²) in [6.45, 7) is 2.08. The number of anilines is 1. The van der Waals surface area contributed by atoms with Gasteiger partial charge in [-0.05, 0) is 38.7 Å². The van der Waals surface area contributed by atoms with Gasteiger partial charge in [0.2, 0.25) is 0 Å². The second kappa shape index (κ2) is 11.4. The molecule has 212 valence electrons. The molecule has 0 bridgehead atoms. The molecule has 3 aromatic heterocycles. The summed E-state index contributed by atoms with van der Waals surface area (Å²) in [6.07, 6.45) is 3.13. The van der Waals surface area contributed by atoms with Crippen molar-refractivity contribution in [2.75, 3.05) is 25.1 Å². The van der Waals surface area contributed by atoms with Crippen LogP contribution in [0.25, 0.3) is 11.0 Å². The molecule has 0 atom stereocenters. The Balaban J connectivity index is 1.29. The summed E-state index contributed by atoms with van der Waals surface area (Å²) in [4.78, 5) is 45.5. The van der Waals surface area contributed by atoms with Crippen LogP contribution in [0.5, 0.6) is 11.5 Å². The third kappa shape index (κ3) is 5.46. The molecule has 3 aromatic rings. The lowest BCUT2D eigenvalue weighted by atomic mass is 9.73. The van der Waals surface area contributed by atoms with Crippen LogP contribution in [-0.4, -0.2) is 52.3 Å². The highest BCUT2D eigenvalue weighted by molar-refractivity contribution is 6.31. The molecule has 11 nitrogen and oxygen atoms in total. The van der Waals surface area contributed by atoms with Gasteiger partial charge in [0, 0.05) is 31.8 Å². The van der Waals surface area contributed by atoms with E-state index in [4.69, 9.17) is 25.8 Å². The van der Waals surface area contributed by atoms with E-state index in [9.17, 15) is 18.8 Å². The Morgan fingerprint density at radius 2 is 2.10 bits per heavy atom. The maximum absolute atomic E-state index is 14.9. The van der Waals surface area contributed by atoms with Gasteiger partial charge in [-0.2, -0.15) is 0 Å². The zero-order valence-electron chi connectivity index (χ0n) is 22.1. The van der Waals surface area contributed by atoms with E-state index in [1.807, 2.05) is 0 Å². The van der Waals surface area contributed by atoms with E-state index in [0.29, 0.717) is 60.0 Å². The number of nitrogens with one attached hydrogen (secondary N) is 2. The number of carbonyl (C=O) groups is 2. The number of ether oxygens (including phenoxy) is 3. The van der Waals surface area contributed by atoms with Crippen molar-refractivity contribution in [3.05, 3.63) is 51.3 Å². The molecule has 0 unspecified atom stereocenters. The minimum atomic E-state index is -0.993. The molecule has 1 amide bonds. The van der Waals surface area contributed by atoms with E-state index in [0.717, 1.165) is 6.20 Å². The van der Waals surface area contributed by atoms with Gasteiger partial charge < -0.3 is 29.4 Å². The predicted octanol–water partition coefficient (Wildman–Crippen LogP) is 3.11. The van der Waals surface area contributed by atoms with E-state index in [-0.39, 0.29) is 48.6 Å². The first-order valence-corrected chi connectivity index (χ1v) is 13.4. The Morgan fingerprint density at radius 1 is 1.32 bits per heavy atom. The molecule has 13 heteroatoms. The van der Waals surface area contributed by atoms with Crippen LogP contribution in [-0.2, 0) is 27.9 Å². The Morgan fingerprint density at radius 3 is 2.85 bits per heavy atom. The van der Waals surface area contributed by atoms with Crippen molar-refractivity contribution in [1.82, 2.24) is 19.9 Å². The molecule has 0 radical (unpaired) electrons. The smallest absolute Gasteiger partial charge is 0.315 e. The SMILES string of the molecule is CCOC(=O)C1(COc2c(F)cnc3ccc(=O)n(C)c23)CCC(NCc2nc3c(cc2Cl)OCC(=O)N3)CC1. The Bertz CT molecular complexity index is 1520. The highest BCUT2D eigenvalue weighted by atomic mass is 35.5. The van der Waals surface area contributed by atoms with Crippen molar-refractivity contribution in [1.29, 1.82) is 0 Å². The number of fused-ring (bicyclic) bond motifs is 2. The first-order valence-electron chi connectivity index (χ1n) is 13.0. The summed E-state index contributed by atoms with van der Waals surface area (Å²) in [7, 11) is 1.52. The molecular weight excluding hydrogens is 545 g/mol. The van der Waals surface area contributed by atoms with E-state index in [1.54, 1.807) is 13.0 Å². The van der Waals surface area contributed by atoms with Gasteiger partial charge >= 0.3 is 5.97 Å². The monoisotopic (exact) mass is 573 g/mol. The fraction of sp³-hybridized carbons (Fsp3) is 0.444. The van der Waals surface area contributed by atoms with Gasteiger partial charge in [-0.15, -0.1) is 0 Å². The highest BCUT2D eigenvalue weighted by Crippen LogP contribution is 2.40. The number of aryl methyl sites for hydroxylation is 1. The average Bonchev–Trinajstić information content (AvgIpc) is 2.94. The van der Waals surface area contributed by atoms with Gasteiger partial charge in [0.15, 0.2) is 29.7 Å². The molecule has 2 N–H and O–H groups in total. The third-order valence-corrected chi connectivity index (χ3v) is 7.70. The standard InChI is InChI=1S/C27H29ClFN5O6/c1-3-38-26(37)27(14-40-24-17(29)11-31-18-4-5-22(36)34(2)23(18)24)8-6-15(7-9-27)30-12-19-16(28)10-20-25(32-19)33-21(35)13-39-20/h4-5,10-11,15,30H,3,6-9,12-14H2,1-2H3,(H,32,33,35). The van der Waals surface area contributed by atoms with Crippen LogP contribution in [0.3, 0.4) is 0 Å². The minimum absolute atomic E-state index is 0.0432. The van der Waals surface area contributed by atoms with Crippen LogP contribution in [0, 0.1) is 11.2 Å². The van der Waals surface area contributed by atoms with E-state index < -0.39 is 17.2 Å². The van der Waals surface area contributed by atoms with Gasteiger partial charge in [-0.25, -0.2) is 9.37 Å². The van der Waals surface area contributed by atoms with Crippen LogP contribution in [0.15, 0.2) is 29.2 Å². The van der Waals surface area contributed by atoms with E-state index in [2.05, 4.69) is 20.6 Å². The number of nitrogens with zero attached hydrogens (tertiary/aromatic N) is 3. The molecule has 0 saturated heterocycles. The highest BCUT2D eigenvalue weighted by Gasteiger charge is 2.44. The quantitative estimate of drug-likeness (QED) is 0.390. The van der Waals surface area contributed by atoms with Gasteiger partial charge in [0.1, 0.15) is 17.5 Å². The molecule has 4 heterocycles. The summed E-state index contributed by atoms with van der Waals surface area (Å²) < 4.78 is 32.9. The van der Waals surface area contributed by atoms with Gasteiger partial charge in [-0.3, -0.25) is 19.4 Å². The lowest BCUT2D eigenvalue weighted by Crippen LogP contribution is -2.45. The maximum atomic E-state index is 14.9. The molecule has 1 saturated carbocycles. The zero-order valence-corrected chi connectivity index (χ0v) is 22.8. The number of hydrogen-bond donors (Lipinski definition) is 2. The molecule has 1 aliphatic heterocycles. The summed E-state index contributed by atoms with van der Waals surface area (Å²) in [5.74, 6) is -0.793. The second-order valence-electron chi connectivity index (χ2n) is 9.94. The minimum Gasteiger partial charge on any atom is -0.487 e. The number of pyridine rings is 3. The lowest BCUT2D eigenvalue weighted by Gasteiger charge is -2.38. The van der Waals surface area contributed by atoms with Crippen molar-refractivity contribution in [3.8, 4) is 11.5 Å². The fourth-order valence-corrected chi connectivity index (χ4v) is 5.30. The Labute approximate surface area is 234 Å². The number of esters is 1. The fourth-order valence-electron chi connectivity index (χ4n) is 5.09. The lowest BCUT2D eigenvalue weighted by molar-refractivity contribution is -0.160. The number of aromatic nitrogens is 3. The number of carbonyl (C=O) groups excluding carboxylic acids is 2. The molecule has 5 rings (SSSR count). The molecule has 1 fully saturated rings. The first kappa shape index (κ1) is 27.8. The van der Waals surface area contributed by atoms with Crippen LogP contribution in [0.1, 0.15) is 38.3 Å². The maximum Gasteiger partial charge on any atom is 0.315 e. The van der Waals surface area contributed by atoms with Gasteiger partial charge in [0.25, 0.3) is 11.5 Å². The predicted molar refractivity (Wildman–Crippen MR) is 144 cm³/mol. The van der Waals surface area contributed by atoms with Crippen molar-refractivity contribution in [2.24, 2.45) is 12.5 Å². The van der Waals surface area contributed by atoms with Crippen LogP contribution < -0.4 is 25.7 Å². The number of halogens is 2. The first-order chi connectivity index (χ1) is 19.2. The summed E-state index contributed by atoms with van der Waals surface area (Å²) in [6, 6.07) is 4.53. The summed E-state index contributed by atoms with van der Waals surface area (Å²) in [5, 5.41) is 6.51. The van der Waals surface area contributed by atoms with Crippen LogP contribution >= 0.6 is 11.6 Å². The molecule has 2 aliphatic rings. The number of rotatable bonds is 8. The van der Waals surface area contributed by atoms with Crippen LogP contribution in [0.2, 0.25) is 5.02 Å². The number of hydrogen-bond acceptors (Lipinski definition) is 9. The normalized spacial score (nSPS) is 20.4. The van der Waals surface area contributed by atoms with Crippen LogP contribution in [0.4, 0.5) is 10.2 Å². The third-order valence-electron chi connectivity index (χ3n) is 7.37.